The lowest BCUT2D eigenvalue weighted by Crippen LogP contribution is -2.38. The predicted molar refractivity (Wildman–Crippen MR) is 126 cm³/mol. The molecule has 33 heavy (non-hydrogen) atoms. The fraction of sp³-hybridized carbons (Fsp3) is 0.280. The van der Waals surface area contributed by atoms with E-state index in [1.165, 1.54) is 34.1 Å². The zero-order chi connectivity index (χ0) is 23.3. The van der Waals surface area contributed by atoms with Crippen LogP contribution in [-0.4, -0.2) is 37.0 Å². The van der Waals surface area contributed by atoms with Crippen LogP contribution in [0.1, 0.15) is 24.3 Å². The van der Waals surface area contributed by atoms with Crippen molar-refractivity contribution in [2.75, 3.05) is 17.1 Å². The minimum absolute atomic E-state index is 0.0590. The van der Waals surface area contributed by atoms with E-state index in [0.717, 1.165) is 19.1 Å². The van der Waals surface area contributed by atoms with Gasteiger partial charge in [-0.05, 0) is 72.9 Å². The molecule has 1 unspecified atom stereocenters. The van der Waals surface area contributed by atoms with Gasteiger partial charge in [-0.15, -0.1) is 0 Å². The van der Waals surface area contributed by atoms with Crippen LogP contribution in [0.5, 0.6) is 0 Å². The summed E-state index contributed by atoms with van der Waals surface area (Å²) in [5.41, 5.74) is 2.95. The van der Waals surface area contributed by atoms with Crippen molar-refractivity contribution in [1.82, 2.24) is 4.57 Å². The summed E-state index contributed by atoms with van der Waals surface area (Å²) >= 11 is 0. The van der Waals surface area contributed by atoms with Gasteiger partial charge in [0.1, 0.15) is 11.6 Å². The van der Waals surface area contributed by atoms with Gasteiger partial charge in [0.05, 0.1) is 31.1 Å². The first-order valence-electron chi connectivity index (χ1n) is 10.8. The van der Waals surface area contributed by atoms with Crippen molar-refractivity contribution in [3.8, 4) is 0 Å². The second kappa shape index (κ2) is 8.11. The molecule has 5 nitrogen and oxygen atoms in total. The second-order valence-electron chi connectivity index (χ2n) is 8.75. The normalized spacial score (nSPS) is 15.3. The predicted octanol–water partition coefficient (Wildman–Crippen LogP) is 4.78. The van der Waals surface area contributed by atoms with Crippen molar-refractivity contribution in [1.29, 1.82) is 0 Å². The Morgan fingerprint density at radius 3 is 2.00 bits per heavy atom. The zero-order valence-electron chi connectivity index (χ0n) is 18.1. The number of sulfonamides is 1. The van der Waals surface area contributed by atoms with Gasteiger partial charge in [0.15, 0.2) is 0 Å². The summed E-state index contributed by atoms with van der Waals surface area (Å²) < 4.78 is 55.8. The number of aromatic nitrogens is 1. The molecule has 5 rings (SSSR count). The molecule has 0 radical (unpaired) electrons. The summed E-state index contributed by atoms with van der Waals surface area (Å²) in [7, 11) is -3.64. The largest absolute Gasteiger partial charge is 0.389 e. The van der Waals surface area contributed by atoms with E-state index in [0.29, 0.717) is 33.4 Å². The molecule has 3 aromatic carbocycles. The Hall–Kier alpha value is -2.97. The summed E-state index contributed by atoms with van der Waals surface area (Å²) in [4.78, 5) is 0. The van der Waals surface area contributed by atoms with Crippen LogP contribution in [0, 0.1) is 11.6 Å². The number of aliphatic hydroxyl groups is 1. The van der Waals surface area contributed by atoms with Crippen molar-refractivity contribution in [2.45, 2.75) is 31.4 Å². The topological polar surface area (TPSA) is 62.5 Å². The number of benzene rings is 3. The molecule has 1 aliphatic carbocycles. The first-order valence-corrected chi connectivity index (χ1v) is 12.7. The molecule has 1 N–H and O–H groups in total. The molecular formula is C25H24F2N2O3S. The van der Waals surface area contributed by atoms with Gasteiger partial charge in [-0.1, -0.05) is 12.1 Å². The van der Waals surface area contributed by atoms with Crippen LogP contribution in [0.3, 0.4) is 0 Å². The SMILES string of the molecule is CS(=O)(=O)N(CC(O)Cn1c2ccc(F)cc2c2cc(F)ccc21)c1ccc(C2CC2)cc1. The van der Waals surface area contributed by atoms with Gasteiger partial charge in [-0.25, -0.2) is 17.2 Å². The molecule has 0 spiro atoms. The van der Waals surface area contributed by atoms with E-state index in [-0.39, 0.29) is 13.1 Å². The van der Waals surface area contributed by atoms with Crippen LogP contribution in [0.15, 0.2) is 60.7 Å². The molecule has 1 aromatic heterocycles. The highest BCUT2D eigenvalue weighted by Crippen LogP contribution is 2.40. The lowest BCUT2D eigenvalue weighted by Gasteiger charge is -2.26. The van der Waals surface area contributed by atoms with E-state index in [9.17, 15) is 22.3 Å². The number of anilines is 1. The molecule has 0 amide bonds. The second-order valence-corrected chi connectivity index (χ2v) is 10.7. The molecule has 0 saturated heterocycles. The molecule has 1 aliphatic rings. The summed E-state index contributed by atoms with van der Waals surface area (Å²) in [5.74, 6) is -0.324. The number of nitrogens with zero attached hydrogens (tertiary/aromatic N) is 2. The van der Waals surface area contributed by atoms with Crippen LogP contribution in [0.4, 0.5) is 14.5 Å². The van der Waals surface area contributed by atoms with Gasteiger partial charge in [0.2, 0.25) is 10.0 Å². The van der Waals surface area contributed by atoms with Gasteiger partial charge in [0.25, 0.3) is 0 Å². The average Bonchev–Trinajstić information content (AvgIpc) is 3.57. The molecule has 0 bridgehead atoms. The molecule has 1 fully saturated rings. The first kappa shape index (κ1) is 21.9. The molecule has 172 valence electrons. The van der Waals surface area contributed by atoms with Crippen molar-refractivity contribution < 1.29 is 22.3 Å². The van der Waals surface area contributed by atoms with Gasteiger partial charge in [-0.2, -0.15) is 0 Å². The Morgan fingerprint density at radius 2 is 1.52 bits per heavy atom. The summed E-state index contributed by atoms with van der Waals surface area (Å²) in [6.07, 6.45) is 2.36. The van der Waals surface area contributed by atoms with E-state index >= 15 is 0 Å². The molecule has 1 heterocycles. The molecule has 8 heteroatoms. The summed E-state index contributed by atoms with van der Waals surface area (Å²) in [5, 5.41) is 12.0. The lowest BCUT2D eigenvalue weighted by atomic mass is 10.1. The molecule has 1 saturated carbocycles. The Morgan fingerprint density at radius 1 is 0.970 bits per heavy atom. The maximum absolute atomic E-state index is 13.9. The number of aliphatic hydroxyl groups excluding tert-OH is 1. The van der Waals surface area contributed by atoms with Crippen LogP contribution in [0.2, 0.25) is 0 Å². The highest BCUT2D eigenvalue weighted by molar-refractivity contribution is 7.92. The Labute approximate surface area is 190 Å². The minimum Gasteiger partial charge on any atom is -0.389 e. The van der Waals surface area contributed by atoms with Gasteiger partial charge in [-0.3, -0.25) is 4.31 Å². The maximum Gasteiger partial charge on any atom is 0.232 e. The third-order valence-electron chi connectivity index (χ3n) is 6.19. The lowest BCUT2D eigenvalue weighted by molar-refractivity contribution is 0.166. The van der Waals surface area contributed by atoms with Crippen LogP contribution >= 0.6 is 0 Å². The molecular weight excluding hydrogens is 446 g/mol. The van der Waals surface area contributed by atoms with Gasteiger partial charge >= 0.3 is 0 Å². The quantitative estimate of drug-likeness (QED) is 0.423. The fourth-order valence-electron chi connectivity index (χ4n) is 4.47. The Bertz CT molecular complexity index is 1390. The van der Waals surface area contributed by atoms with Crippen molar-refractivity contribution in [2.24, 2.45) is 0 Å². The Kier molecular flexibility index (Phi) is 5.37. The number of fused-ring (bicyclic) bond motifs is 3. The summed E-state index contributed by atoms with van der Waals surface area (Å²) in [6.45, 7) is -0.0887. The van der Waals surface area contributed by atoms with E-state index in [1.54, 1.807) is 28.8 Å². The monoisotopic (exact) mass is 470 g/mol. The fourth-order valence-corrected chi connectivity index (χ4v) is 5.41. The average molecular weight is 471 g/mol. The molecule has 0 aliphatic heterocycles. The Balaban J connectivity index is 1.47. The highest BCUT2D eigenvalue weighted by Gasteiger charge is 2.26. The number of halogens is 2. The van der Waals surface area contributed by atoms with Crippen LogP contribution in [-0.2, 0) is 16.6 Å². The van der Waals surface area contributed by atoms with Crippen LogP contribution in [0.25, 0.3) is 21.8 Å². The van der Waals surface area contributed by atoms with Crippen molar-refractivity contribution >= 4 is 37.5 Å². The molecule has 1 atom stereocenters. The first-order chi connectivity index (χ1) is 15.7. The standard InChI is InChI=1S/C25H24F2N2O3S/c1-33(31,32)29(20-8-4-17(5-9-20)16-2-3-16)15-21(30)14-28-24-10-6-18(26)12-22(24)23-13-19(27)7-11-25(23)28/h4-13,16,21,30H,2-3,14-15H2,1H3. The van der Waals surface area contributed by atoms with E-state index in [2.05, 4.69) is 0 Å². The summed E-state index contributed by atoms with van der Waals surface area (Å²) in [6, 6.07) is 15.9. The van der Waals surface area contributed by atoms with Crippen molar-refractivity contribution in [3.05, 3.63) is 77.9 Å². The maximum atomic E-state index is 13.9. The third-order valence-corrected chi connectivity index (χ3v) is 7.35. The smallest absolute Gasteiger partial charge is 0.232 e. The third kappa shape index (κ3) is 4.32. The highest BCUT2D eigenvalue weighted by atomic mass is 32.2. The van der Waals surface area contributed by atoms with E-state index in [4.69, 9.17) is 0 Å². The van der Waals surface area contributed by atoms with Crippen molar-refractivity contribution in [3.63, 3.8) is 0 Å². The number of rotatable bonds is 7. The number of hydrogen-bond donors (Lipinski definition) is 1. The molecule has 4 aromatic rings. The van der Waals surface area contributed by atoms with E-state index < -0.39 is 27.8 Å². The van der Waals surface area contributed by atoms with Gasteiger partial charge < -0.3 is 9.67 Å². The van der Waals surface area contributed by atoms with E-state index in [1.807, 2.05) is 12.1 Å². The number of hydrogen-bond acceptors (Lipinski definition) is 3. The van der Waals surface area contributed by atoms with Crippen LogP contribution < -0.4 is 4.31 Å². The minimum atomic E-state index is -3.64. The van der Waals surface area contributed by atoms with Gasteiger partial charge in [0, 0.05) is 21.8 Å². The zero-order valence-corrected chi connectivity index (χ0v) is 18.9.